The quantitative estimate of drug-likeness (QED) is 0.180. The van der Waals surface area contributed by atoms with Gasteiger partial charge in [-0.2, -0.15) is 0 Å². The number of nitrogens with one attached hydrogen (secondary N) is 1. The summed E-state index contributed by atoms with van der Waals surface area (Å²) in [5, 5.41) is 6.70. The summed E-state index contributed by atoms with van der Waals surface area (Å²) in [4.78, 5) is 4.36. The van der Waals surface area contributed by atoms with Crippen LogP contribution in [0.3, 0.4) is 0 Å². The normalized spacial score (nSPS) is 23.7. The number of nitrogens with zero attached hydrogens (tertiary/aromatic N) is 2. The maximum atomic E-state index is 4.36. The summed E-state index contributed by atoms with van der Waals surface area (Å²) in [6.07, 6.45) is 11.4. The van der Waals surface area contributed by atoms with Crippen molar-refractivity contribution < 1.29 is 0 Å². The van der Waals surface area contributed by atoms with E-state index in [1.807, 2.05) is 18.5 Å². The number of pyridine rings is 1. The van der Waals surface area contributed by atoms with Gasteiger partial charge in [0.15, 0.2) is 0 Å². The second-order valence-corrected chi connectivity index (χ2v) is 16.9. The molecular weight excluding hydrogens is 667 g/mol. The summed E-state index contributed by atoms with van der Waals surface area (Å²) < 4.78 is 2.41. The fourth-order valence-electron chi connectivity index (χ4n) is 11.0. The Bertz CT molecular complexity index is 2750. The highest BCUT2D eigenvalue weighted by atomic mass is 15.0. The van der Waals surface area contributed by atoms with E-state index in [0.717, 1.165) is 16.8 Å². The third-order valence-electron chi connectivity index (χ3n) is 13.2. The minimum atomic E-state index is -0.447. The van der Waals surface area contributed by atoms with Crippen molar-refractivity contribution in [3.63, 3.8) is 0 Å². The van der Waals surface area contributed by atoms with Crippen LogP contribution in [0.2, 0.25) is 0 Å². The van der Waals surface area contributed by atoms with E-state index in [9.17, 15) is 0 Å². The standard InChI is InChI=1S/C52H47N3/c1-33-14-12-19-43-48(33)52(6)46(50(43,3)4)30-34(2)47-40(27-28-51(5,49(47)52)54-38-24-21-35(22-25-38)37-15-13-29-53-32-37)36-23-26-45-42(31-36)41-18-10-11-20-44(41)55(45)39-16-8-7-9-17-39/h7-32,34,40,54H,1-6H3. The van der Waals surface area contributed by atoms with Crippen molar-refractivity contribution >= 4 is 27.5 Å². The number of hydrogen-bond donors (Lipinski definition) is 1. The first-order chi connectivity index (χ1) is 26.6. The zero-order valence-electron chi connectivity index (χ0n) is 32.6. The van der Waals surface area contributed by atoms with Crippen LogP contribution in [0.25, 0.3) is 38.6 Å². The Kier molecular flexibility index (Phi) is 7.36. The topological polar surface area (TPSA) is 29.9 Å². The lowest BCUT2D eigenvalue weighted by Gasteiger charge is -2.51. The number of aryl methyl sites for hydroxylation is 1. The molecule has 0 fully saturated rings. The van der Waals surface area contributed by atoms with Gasteiger partial charge in [0.1, 0.15) is 0 Å². The van der Waals surface area contributed by atoms with Crippen LogP contribution in [-0.4, -0.2) is 15.1 Å². The molecule has 0 radical (unpaired) electrons. The maximum absolute atomic E-state index is 4.36. The van der Waals surface area contributed by atoms with Gasteiger partial charge in [0, 0.05) is 51.3 Å². The minimum absolute atomic E-state index is 0.0932. The Labute approximate surface area is 324 Å². The molecule has 4 atom stereocenters. The molecule has 0 aliphatic heterocycles. The molecule has 55 heavy (non-hydrogen) atoms. The first-order valence-electron chi connectivity index (χ1n) is 19.7. The average molecular weight is 714 g/mol. The van der Waals surface area contributed by atoms with Gasteiger partial charge in [-0.05, 0) is 125 Å². The largest absolute Gasteiger partial charge is 0.373 e. The molecule has 3 aliphatic rings. The number of allylic oxidation sites excluding steroid dienone is 4. The summed E-state index contributed by atoms with van der Waals surface area (Å²) in [5.41, 5.74) is 16.4. The van der Waals surface area contributed by atoms with Gasteiger partial charge >= 0.3 is 0 Å². The smallest absolute Gasteiger partial charge is 0.0756 e. The molecular formula is C52H47N3. The van der Waals surface area contributed by atoms with Gasteiger partial charge in [0.2, 0.25) is 0 Å². The van der Waals surface area contributed by atoms with Crippen LogP contribution in [0, 0.1) is 12.8 Å². The minimum Gasteiger partial charge on any atom is -0.373 e. The molecule has 270 valence electrons. The Morgan fingerprint density at radius 3 is 2.25 bits per heavy atom. The SMILES string of the molecule is Cc1cccc2c1C1(C)C(=CC(C)C3=C1C(C)(Nc1ccc(-c4cccnc4)cc1)C=CC3c1ccc3c(c1)c1ccccc1n3-c1ccccc1)C2(C)C. The van der Waals surface area contributed by atoms with Crippen molar-refractivity contribution in [2.75, 3.05) is 5.32 Å². The van der Waals surface area contributed by atoms with Gasteiger partial charge in [0.25, 0.3) is 0 Å². The van der Waals surface area contributed by atoms with E-state index in [1.165, 1.54) is 66.5 Å². The Morgan fingerprint density at radius 2 is 1.47 bits per heavy atom. The van der Waals surface area contributed by atoms with Crippen molar-refractivity contribution in [2.24, 2.45) is 5.92 Å². The van der Waals surface area contributed by atoms with Gasteiger partial charge in [0.05, 0.1) is 16.6 Å². The van der Waals surface area contributed by atoms with E-state index < -0.39 is 5.54 Å². The number of hydrogen-bond acceptors (Lipinski definition) is 2. The van der Waals surface area contributed by atoms with E-state index in [0.29, 0.717) is 0 Å². The lowest BCUT2D eigenvalue weighted by Crippen LogP contribution is -2.49. The second-order valence-electron chi connectivity index (χ2n) is 16.9. The number of para-hydroxylation sites is 2. The van der Waals surface area contributed by atoms with E-state index >= 15 is 0 Å². The summed E-state index contributed by atoms with van der Waals surface area (Å²) in [5.74, 6) is 0.374. The highest BCUT2D eigenvalue weighted by Gasteiger charge is 2.58. The lowest BCUT2D eigenvalue weighted by atomic mass is 9.55. The van der Waals surface area contributed by atoms with Crippen LogP contribution in [-0.2, 0) is 10.8 Å². The van der Waals surface area contributed by atoms with Gasteiger partial charge in [-0.3, -0.25) is 4.98 Å². The second kappa shape index (κ2) is 12.0. The van der Waals surface area contributed by atoms with E-state index in [2.05, 4.69) is 196 Å². The molecule has 3 aliphatic carbocycles. The Morgan fingerprint density at radius 1 is 0.709 bits per heavy atom. The zero-order chi connectivity index (χ0) is 37.7. The van der Waals surface area contributed by atoms with Crippen LogP contribution in [0.4, 0.5) is 5.69 Å². The van der Waals surface area contributed by atoms with Crippen LogP contribution in [0.5, 0.6) is 0 Å². The molecule has 2 aromatic heterocycles. The Hall–Kier alpha value is -5.93. The first-order valence-corrected chi connectivity index (χ1v) is 19.7. The van der Waals surface area contributed by atoms with Gasteiger partial charge < -0.3 is 9.88 Å². The third kappa shape index (κ3) is 4.85. The van der Waals surface area contributed by atoms with Crippen LogP contribution < -0.4 is 5.32 Å². The number of fused-ring (bicyclic) bond motifs is 7. The zero-order valence-corrected chi connectivity index (χ0v) is 32.6. The van der Waals surface area contributed by atoms with Crippen molar-refractivity contribution in [1.29, 1.82) is 0 Å². The lowest BCUT2D eigenvalue weighted by molar-refractivity contribution is 0.470. The number of rotatable bonds is 5. The fraction of sp³-hybridized carbons (Fsp3) is 0.212. The molecule has 0 amide bonds. The number of aromatic nitrogens is 2. The van der Waals surface area contributed by atoms with Crippen LogP contribution in [0.1, 0.15) is 62.8 Å². The van der Waals surface area contributed by atoms with E-state index in [-0.39, 0.29) is 22.7 Å². The molecule has 5 aromatic carbocycles. The first kappa shape index (κ1) is 33.6. The maximum Gasteiger partial charge on any atom is 0.0756 e. The summed E-state index contributed by atoms with van der Waals surface area (Å²) in [7, 11) is 0. The number of benzene rings is 5. The molecule has 0 bridgehead atoms. The molecule has 7 aromatic rings. The van der Waals surface area contributed by atoms with Crippen LogP contribution in [0.15, 0.2) is 175 Å². The molecule has 0 spiro atoms. The van der Waals surface area contributed by atoms with E-state index in [1.54, 1.807) is 0 Å². The molecule has 1 N–H and O–H groups in total. The van der Waals surface area contributed by atoms with Crippen molar-refractivity contribution in [3.8, 4) is 16.8 Å². The van der Waals surface area contributed by atoms with Gasteiger partial charge in [-0.1, -0.05) is 118 Å². The van der Waals surface area contributed by atoms with Crippen molar-refractivity contribution in [3.05, 3.63) is 197 Å². The predicted molar refractivity (Wildman–Crippen MR) is 230 cm³/mol. The van der Waals surface area contributed by atoms with Crippen molar-refractivity contribution in [1.82, 2.24) is 9.55 Å². The molecule has 3 heteroatoms. The number of anilines is 1. The van der Waals surface area contributed by atoms with Crippen LogP contribution >= 0.6 is 0 Å². The molecule has 2 heterocycles. The van der Waals surface area contributed by atoms with Crippen molar-refractivity contribution in [2.45, 2.75) is 63.8 Å². The molecule has 3 nitrogen and oxygen atoms in total. The molecule has 10 rings (SSSR count). The van der Waals surface area contributed by atoms with E-state index in [4.69, 9.17) is 0 Å². The van der Waals surface area contributed by atoms with Gasteiger partial charge in [-0.15, -0.1) is 0 Å². The summed E-state index contributed by atoms with van der Waals surface area (Å²) >= 11 is 0. The average Bonchev–Trinajstić information content (AvgIpc) is 3.62. The highest BCUT2D eigenvalue weighted by molar-refractivity contribution is 6.09. The predicted octanol–water partition coefficient (Wildman–Crippen LogP) is 12.8. The molecule has 4 unspecified atom stereocenters. The third-order valence-corrected chi connectivity index (χ3v) is 13.2. The Balaban J connectivity index is 1.17. The summed E-state index contributed by atoms with van der Waals surface area (Å²) in [6.45, 7) is 14.6. The molecule has 0 saturated carbocycles. The highest BCUT2D eigenvalue weighted by Crippen LogP contribution is 2.65. The fourth-order valence-corrected chi connectivity index (χ4v) is 11.0. The molecule has 0 saturated heterocycles. The summed E-state index contributed by atoms with van der Waals surface area (Å²) in [6, 6.07) is 46.8. The van der Waals surface area contributed by atoms with Gasteiger partial charge in [-0.25, -0.2) is 0 Å². The monoisotopic (exact) mass is 713 g/mol.